The van der Waals surface area contributed by atoms with E-state index >= 15 is 0 Å². The topological polar surface area (TPSA) is 38.9 Å². The summed E-state index contributed by atoms with van der Waals surface area (Å²) >= 11 is 1.82. The third-order valence-electron chi connectivity index (χ3n) is 1.44. The Hall–Kier alpha value is -0.460. The van der Waals surface area contributed by atoms with Crippen LogP contribution in [0.2, 0.25) is 0 Å². The van der Waals surface area contributed by atoms with Crippen LogP contribution in [-0.4, -0.2) is 4.98 Å². The van der Waals surface area contributed by atoms with Gasteiger partial charge in [-0.25, -0.2) is 13.8 Å². The lowest BCUT2D eigenvalue weighted by Crippen LogP contribution is -2.01. The first kappa shape index (κ1) is 9.63. The summed E-state index contributed by atoms with van der Waals surface area (Å²) in [7, 11) is 0. The van der Waals surface area contributed by atoms with Crippen molar-refractivity contribution in [2.75, 3.05) is 5.73 Å². The molecule has 0 atom stereocenters. The number of nitrogens with zero attached hydrogens (tertiary/aromatic N) is 1. The number of nitrogens with two attached hydrogens (primary N) is 1. The predicted octanol–water partition coefficient (Wildman–Crippen LogP) is 2.51. The van der Waals surface area contributed by atoms with E-state index in [0.29, 0.717) is 3.57 Å². The van der Waals surface area contributed by atoms with Gasteiger partial charge < -0.3 is 5.73 Å². The first-order valence-electron chi connectivity index (χ1n) is 3.23. The molecule has 1 aromatic heterocycles. The maximum Gasteiger partial charge on any atom is 0.281 e. The molecule has 0 amide bonds. The summed E-state index contributed by atoms with van der Waals surface area (Å²) in [4.78, 5) is 3.59. The largest absolute Gasteiger partial charge is 0.383 e. The minimum absolute atomic E-state index is 0.172. The van der Waals surface area contributed by atoms with Crippen LogP contribution in [0.25, 0.3) is 0 Å². The number of hydrogen-bond donors (Lipinski definition) is 1. The summed E-state index contributed by atoms with van der Waals surface area (Å²) in [5.74, 6) is 0.172. The molecule has 0 fully saturated rings. The molecule has 5 heteroatoms. The van der Waals surface area contributed by atoms with Crippen molar-refractivity contribution in [3.63, 3.8) is 0 Å². The van der Waals surface area contributed by atoms with Gasteiger partial charge in [-0.2, -0.15) is 0 Å². The molecule has 0 aliphatic rings. The molecule has 0 aliphatic carbocycles. The second-order valence-electron chi connectivity index (χ2n) is 2.36. The van der Waals surface area contributed by atoms with Crippen LogP contribution in [0.1, 0.15) is 17.7 Å². The average Bonchev–Trinajstić information content (AvgIpc) is 1.96. The summed E-state index contributed by atoms with van der Waals surface area (Å²) in [6.07, 6.45) is -2.56. The van der Waals surface area contributed by atoms with Gasteiger partial charge in [0.25, 0.3) is 6.43 Å². The molecule has 0 radical (unpaired) electrons. The SMILES string of the molecule is Cc1cc(I)c(C(F)F)nc1N. The van der Waals surface area contributed by atoms with E-state index in [2.05, 4.69) is 4.98 Å². The third kappa shape index (κ3) is 1.82. The predicted molar refractivity (Wildman–Crippen MR) is 51.1 cm³/mol. The zero-order valence-corrected chi connectivity index (χ0v) is 8.47. The van der Waals surface area contributed by atoms with Crippen molar-refractivity contribution in [3.8, 4) is 0 Å². The molecule has 66 valence electrons. The smallest absolute Gasteiger partial charge is 0.281 e. The van der Waals surface area contributed by atoms with E-state index in [-0.39, 0.29) is 11.5 Å². The van der Waals surface area contributed by atoms with E-state index in [1.807, 2.05) is 22.6 Å². The van der Waals surface area contributed by atoms with Gasteiger partial charge in [-0.3, -0.25) is 0 Å². The van der Waals surface area contributed by atoms with E-state index < -0.39 is 6.43 Å². The van der Waals surface area contributed by atoms with Gasteiger partial charge in [-0.15, -0.1) is 0 Å². The summed E-state index contributed by atoms with van der Waals surface area (Å²) in [6, 6.07) is 1.60. The highest BCUT2D eigenvalue weighted by Gasteiger charge is 2.14. The maximum atomic E-state index is 12.2. The minimum Gasteiger partial charge on any atom is -0.383 e. The van der Waals surface area contributed by atoms with E-state index in [0.717, 1.165) is 5.56 Å². The highest BCUT2D eigenvalue weighted by Crippen LogP contribution is 2.24. The number of halogens is 3. The Balaban J connectivity index is 3.23. The van der Waals surface area contributed by atoms with Crippen LogP contribution in [0.15, 0.2) is 6.07 Å². The lowest BCUT2D eigenvalue weighted by atomic mass is 10.2. The number of rotatable bonds is 1. The normalized spacial score (nSPS) is 10.8. The lowest BCUT2D eigenvalue weighted by Gasteiger charge is -2.05. The summed E-state index contributed by atoms with van der Waals surface area (Å²) in [5.41, 5.74) is 5.87. The fraction of sp³-hybridized carbons (Fsp3) is 0.286. The van der Waals surface area contributed by atoms with Crippen LogP contribution in [0.5, 0.6) is 0 Å². The van der Waals surface area contributed by atoms with E-state index in [4.69, 9.17) is 5.73 Å². The minimum atomic E-state index is -2.56. The fourth-order valence-electron chi connectivity index (χ4n) is 0.762. The van der Waals surface area contributed by atoms with Gasteiger partial charge in [0.1, 0.15) is 11.5 Å². The van der Waals surface area contributed by atoms with Gasteiger partial charge in [0.05, 0.1) is 0 Å². The van der Waals surface area contributed by atoms with E-state index in [1.165, 1.54) is 0 Å². The number of pyridine rings is 1. The van der Waals surface area contributed by atoms with Crippen molar-refractivity contribution >= 4 is 28.4 Å². The molecule has 1 rings (SSSR count). The second kappa shape index (κ2) is 3.51. The molecule has 0 spiro atoms. The molecule has 0 bridgehead atoms. The van der Waals surface area contributed by atoms with Crippen LogP contribution in [-0.2, 0) is 0 Å². The highest BCUT2D eigenvalue weighted by atomic mass is 127. The number of anilines is 1. The molecule has 2 nitrogen and oxygen atoms in total. The molecular weight excluding hydrogens is 277 g/mol. The average molecular weight is 284 g/mol. The van der Waals surface area contributed by atoms with Gasteiger partial charge in [-0.1, -0.05) is 0 Å². The molecule has 0 saturated carbocycles. The van der Waals surface area contributed by atoms with Crippen LogP contribution in [0, 0.1) is 10.5 Å². The standard InChI is InChI=1S/C7H7F2IN2/c1-3-2-4(10)5(6(8)9)12-7(3)11/h2,6H,1H3,(H2,11,12). The van der Waals surface area contributed by atoms with Gasteiger partial charge in [0, 0.05) is 3.57 Å². The quantitative estimate of drug-likeness (QED) is 0.805. The molecule has 0 aliphatic heterocycles. The molecule has 12 heavy (non-hydrogen) atoms. The first-order chi connectivity index (χ1) is 5.52. The number of alkyl halides is 2. The Bertz CT molecular complexity index is 302. The van der Waals surface area contributed by atoms with E-state index in [9.17, 15) is 8.78 Å². The summed E-state index contributed by atoms with van der Waals surface area (Å²) < 4.78 is 24.9. The summed E-state index contributed by atoms with van der Waals surface area (Å²) in [5, 5.41) is 0. The lowest BCUT2D eigenvalue weighted by molar-refractivity contribution is 0.145. The van der Waals surface area contributed by atoms with Crippen molar-refractivity contribution in [2.24, 2.45) is 0 Å². The molecule has 1 aromatic rings. The maximum absolute atomic E-state index is 12.2. The second-order valence-corrected chi connectivity index (χ2v) is 3.52. The Morgan fingerprint density at radius 3 is 2.67 bits per heavy atom. The molecule has 2 N–H and O–H groups in total. The van der Waals surface area contributed by atoms with Crippen LogP contribution < -0.4 is 5.73 Å². The number of hydrogen-bond acceptors (Lipinski definition) is 2. The summed E-state index contributed by atoms with van der Waals surface area (Å²) in [6.45, 7) is 1.74. The number of nitrogen functional groups attached to an aromatic ring is 1. The molecule has 0 saturated heterocycles. The van der Waals surface area contributed by atoms with Crippen molar-refractivity contribution in [1.82, 2.24) is 4.98 Å². The van der Waals surface area contributed by atoms with Crippen molar-refractivity contribution in [1.29, 1.82) is 0 Å². The van der Waals surface area contributed by atoms with Gasteiger partial charge in [0.15, 0.2) is 0 Å². The molecular formula is C7H7F2IN2. The monoisotopic (exact) mass is 284 g/mol. The van der Waals surface area contributed by atoms with Crippen molar-refractivity contribution in [3.05, 3.63) is 20.9 Å². The Morgan fingerprint density at radius 2 is 2.17 bits per heavy atom. The molecule has 1 heterocycles. The van der Waals surface area contributed by atoms with Gasteiger partial charge >= 0.3 is 0 Å². The first-order valence-corrected chi connectivity index (χ1v) is 4.31. The van der Waals surface area contributed by atoms with Gasteiger partial charge in [-0.05, 0) is 41.1 Å². The molecule has 0 unspecified atom stereocenters. The Labute approximate surface area is 82.3 Å². The zero-order chi connectivity index (χ0) is 9.30. The van der Waals surface area contributed by atoms with Crippen LogP contribution in [0.3, 0.4) is 0 Å². The van der Waals surface area contributed by atoms with E-state index in [1.54, 1.807) is 13.0 Å². The zero-order valence-electron chi connectivity index (χ0n) is 6.31. The van der Waals surface area contributed by atoms with Crippen molar-refractivity contribution in [2.45, 2.75) is 13.3 Å². The van der Waals surface area contributed by atoms with Crippen LogP contribution >= 0.6 is 22.6 Å². The third-order valence-corrected chi connectivity index (χ3v) is 2.30. The van der Waals surface area contributed by atoms with Gasteiger partial charge in [0.2, 0.25) is 0 Å². The molecule has 0 aromatic carbocycles. The Kier molecular flexibility index (Phi) is 2.81. The van der Waals surface area contributed by atoms with Crippen LogP contribution in [0.4, 0.5) is 14.6 Å². The number of aryl methyl sites for hydroxylation is 1. The fourth-order valence-corrected chi connectivity index (χ4v) is 1.59. The highest BCUT2D eigenvalue weighted by molar-refractivity contribution is 14.1. The number of aromatic nitrogens is 1. The van der Waals surface area contributed by atoms with Crippen molar-refractivity contribution < 1.29 is 8.78 Å². The Morgan fingerprint density at radius 1 is 1.58 bits per heavy atom.